The number of benzene rings is 2. The summed E-state index contributed by atoms with van der Waals surface area (Å²) in [5, 5.41) is 8.88. The summed E-state index contributed by atoms with van der Waals surface area (Å²) in [6, 6.07) is 11.1. The number of methoxy groups -OCH3 is 2. The average Bonchev–Trinajstić information content (AvgIpc) is 2.66. The third-order valence-corrected chi connectivity index (χ3v) is 3.43. The fraction of sp³-hybridized carbons (Fsp3) is 0.211. The van der Waals surface area contributed by atoms with Crippen LogP contribution in [0.2, 0.25) is 0 Å². The maximum Gasteiger partial charge on any atom is 0.349 e. The Bertz CT molecular complexity index is 869. The second-order valence-electron chi connectivity index (χ2n) is 5.16. The van der Waals surface area contributed by atoms with E-state index >= 15 is 0 Å². The van der Waals surface area contributed by atoms with Crippen molar-refractivity contribution in [1.29, 1.82) is 5.26 Å². The highest BCUT2D eigenvalue weighted by Crippen LogP contribution is 2.30. The van der Waals surface area contributed by atoms with Gasteiger partial charge in [0.15, 0.2) is 35.4 Å². The van der Waals surface area contributed by atoms with Gasteiger partial charge >= 0.3 is 5.97 Å². The van der Waals surface area contributed by atoms with Crippen LogP contribution in [0.1, 0.15) is 22.8 Å². The Morgan fingerprint density at radius 2 is 1.62 bits per heavy atom. The Balaban J connectivity index is 2.06. The summed E-state index contributed by atoms with van der Waals surface area (Å²) >= 11 is 0. The van der Waals surface area contributed by atoms with E-state index in [2.05, 4.69) is 0 Å². The first-order chi connectivity index (χ1) is 12.5. The predicted octanol–water partition coefficient (Wildman–Crippen LogP) is 2.76. The lowest BCUT2D eigenvalue weighted by Gasteiger charge is -2.12. The molecule has 134 valence electrons. The lowest BCUT2D eigenvalue weighted by atomic mass is 10.1. The highest BCUT2D eigenvalue weighted by molar-refractivity contribution is 5.94. The normalized spacial score (nSPS) is 9.77. The molecule has 7 heteroatoms. The Labute approximate surface area is 150 Å². The number of carbonyl (C=O) groups is 2. The number of nitrogens with zero attached hydrogens (tertiary/aromatic N) is 1. The second-order valence-corrected chi connectivity index (χ2v) is 5.16. The summed E-state index contributed by atoms with van der Waals surface area (Å²) < 4.78 is 20.9. The van der Waals surface area contributed by atoms with Crippen molar-refractivity contribution in [3.8, 4) is 29.1 Å². The number of ketones is 1. The summed E-state index contributed by atoms with van der Waals surface area (Å²) in [6.07, 6.45) is 0. The van der Waals surface area contributed by atoms with E-state index in [4.69, 9.17) is 24.2 Å². The van der Waals surface area contributed by atoms with Crippen LogP contribution in [0.15, 0.2) is 36.4 Å². The van der Waals surface area contributed by atoms with Crippen molar-refractivity contribution in [2.45, 2.75) is 6.92 Å². The van der Waals surface area contributed by atoms with E-state index in [1.54, 1.807) is 12.1 Å². The quantitative estimate of drug-likeness (QED) is 0.428. The molecule has 0 heterocycles. The van der Waals surface area contributed by atoms with Crippen LogP contribution < -0.4 is 18.9 Å². The van der Waals surface area contributed by atoms with E-state index in [1.165, 1.54) is 45.4 Å². The summed E-state index contributed by atoms with van der Waals surface area (Å²) in [6.45, 7) is 1.07. The van der Waals surface area contributed by atoms with Crippen LogP contribution in [-0.2, 0) is 4.79 Å². The molecule has 0 aromatic heterocycles. The molecular weight excluding hydrogens is 338 g/mol. The molecule has 0 unspecified atom stereocenters. The first-order valence-corrected chi connectivity index (χ1v) is 7.59. The molecule has 0 aliphatic rings. The van der Waals surface area contributed by atoms with Gasteiger partial charge in [-0.15, -0.1) is 0 Å². The van der Waals surface area contributed by atoms with Crippen molar-refractivity contribution in [2.75, 3.05) is 20.8 Å². The summed E-state index contributed by atoms with van der Waals surface area (Å²) in [7, 11) is 2.85. The third-order valence-electron chi connectivity index (χ3n) is 3.43. The maximum atomic E-state index is 12.0. The topological polar surface area (TPSA) is 94.9 Å². The molecule has 7 nitrogen and oxygen atoms in total. The van der Waals surface area contributed by atoms with Crippen molar-refractivity contribution in [1.82, 2.24) is 0 Å². The van der Waals surface area contributed by atoms with E-state index in [-0.39, 0.29) is 23.9 Å². The number of hydrogen-bond donors (Lipinski definition) is 0. The highest BCUT2D eigenvalue weighted by Gasteiger charge is 2.14. The van der Waals surface area contributed by atoms with Gasteiger partial charge in [-0.1, -0.05) is 0 Å². The summed E-state index contributed by atoms with van der Waals surface area (Å²) in [5.74, 6) is 0.315. The van der Waals surface area contributed by atoms with Gasteiger partial charge in [-0.25, -0.2) is 4.79 Å². The number of rotatable bonds is 7. The zero-order valence-electron chi connectivity index (χ0n) is 14.6. The molecule has 0 aliphatic carbocycles. The second kappa shape index (κ2) is 8.53. The average molecular weight is 355 g/mol. The monoisotopic (exact) mass is 355 g/mol. The summed E-state index contributed by atoms with van der Waals surface area (Å²) in [4.78, 5) is 23.4. The molecule has 0 aliphatic heterocycles. The van der Waals surface area contributed by atoms with Crippen molar-refractivity contribution in [3.63, 3.8) is 0 Å². The number of Topliss-reactive ketones (excluding diaryl/α,β-unsaturated/α-hetero) is 1. The van der Waals surface area contributed by atoms with E-state index < -0.39 is 5.97 Å². The van der Waals surface area contributed by atoms with Gasteiger partial charge in [0.05, 0.1) is 25.9 Å². The van der Waals surface area contributed by atoms with Gasteiger partial charge in [-0.05, 0) is 37.3 Å². The van der Waals surface area contributed by atoms with Crippen LogP contribution >= 0.6 is 0 Å². The van der Waals surface area contributed by atoms with Gasteiger partial charge in [0.1, 0.15) is 0 Å². The smallest absolute Gasteiger partial charge is 0.349 e. The fourth-order valence-electron chi connectivity index (χ4n) is 2.12. The molecule has 0 saturated carbocycles. The molecule has 0 bridgehead atoms. The van der Waals surface area contributed by atoms with E-state index in [1.807, 2.05) is 6.07 Å². The van der Waals surface area contributed by atoms with Gasteiger partial charge in [-0.2, -0.15) is 5.26 Å². The molecule has 0 radical (unpaired) electrons. The molecule has 2 rings (SSSR count). The number of ether oxygens (including phenoxy) is 4. The molecule has 26 heavy (non-hydrogen) atoms. The van der Waals surface area contributed by atoms with Crippen LogP contribution in [-0.4, -0.2) is 32.6 Å². The van der Waals surface area contributed by atoms with Crippen LogP contribution in [0.25, 0.3) is 0 Å². The van der Waals surface area contributed by atoms with E-state index in [0.29, 0.717) is 22.6 Å². The minimum Gasteiger partial charge on any atom is -0.493 e. The molecule has 0 amide bonds. The van der Waals surface area contributed by atoms with E-state index in [9.17, 15) is 9.59 Å². The molecule has 0 spiro atoms. The Kier molecular flexibility index (Phi) is 6.17. The Morgan fingerprint density at radius 1 is 0.962 bits per heavy atom. The van der Waals surface area contributed by atoms with Gasteiger partial charge in [0, 0.05) is 11.6 Å². The standard InChI is InChI=1S/C19H17NO6/c1-12(21)14-5-7-15(18(9-14)24-3)25-11-19(22)26-16-6-4-13(10-20)8-17(16)23-2/h4-9H,11H2,1-3H3. The first kappa shape index (κ1) is 18.8. The third kappa shape index (κ3) is 4.51. The van der Waals surface area contributed by atoms with Crippen molar-refractivity contribution >= 4 is 11.8 Å². The number of hydrogen-bond acceptors (Lipinski definition) is 7. The first-order valence-electron chi connectivity index (χ1n) is 7.59. The zero-order chi connectivity index (χ0) is 19.1. The molecule has 2 aromatic rings. The number of carbonyl (C=O) groups excluding carboxylic acids is 2. The molecular formula is C19H17NO6. The van der Waals surface area contributed by atoms with Crippen molar-refractivity contribution < 1.29 is 28.5 Å². The molecule has 2 aromatic carbocycles. The number of nitriles is 1. The van der Waals surface area contributed by atoms with Gasteiger partial charge in [0.25, 0.3) is 0 Å². The lowest BCUT2D eigenvalue weighted by molar-refractivity contribution is -0.136. The highest BCUT2D eigenvalue weighted by atomic mass is 16.6. The molecule has 0 atom stereocenters. The minimum atomic E-state index is -0.661. The Hall–Kier alpha value is -3.53. The van der Waals surface area contributed by atoms with Gasteiger partial charge in [-0.3, -0.25) is 4.79 Å². The van der Waals surface area contributed by atoms with Gasteiger partial charge < -0.3 is 18.9 Å². The lowest BCUT2D eigenvalue weighted by Crippen LogP contribution is -2.18. The molecule has 0 N–H and O–H groups in total. The zero-order valence-corrected chi connectivity index (χ0v) is 14.6. The largest absolute Gasteiger partial charge is 0.493 e. The Morgan fingerprint density at radius 3 is 2.23 bits per heavy atom. The van der Waals surface area contributed by atoms with Crippen molar-refractivity contribution in [3.05, 3.63) is 47.5 Å². The summed E-state index contributed by atoms with van der Waals surface area (Å²) in [5.41, 5.74) is 0.854. The van der Waals surface area contributed by atoms with E-state index in [0.717, 1.165) is 0 Å². The van der Waals surface area contributed by atoms with Crippen molar-refractivity contribution in [2.24, 2.45) is 0 Å². The van der Waals surface area contributed by atoms with Crippen LogP contribution in [0, 0.1) is 11.3 Å². The molecule has 0 saturated heterocycles. The van der Waals surface area contributed by atoms with Crippen LogP contribution in [0.3, 0.4) is 0 Å². The SMILES string of the molecule is COc1cc(C(C)=O)ccc1OCC(=O)Oc1ccc(C#N)cc1OC. The van der Waals surface area contributed by atoms with Crippen LogP contribution in [0.4, 0.5) is 0 Å². The number of esters is 1. The fourth-order valence-corrected chi connectivity index (χ4v) is 2.12. The molecule has 0 fully saturated rings. The van der Waals surface area contributed by atoms with Gasteiger partial charge in [0.2, 0.25) is 0 Å². The van der Waals surface area contributed by atoms with Crippen LogP contribution in [0.5, 0.6) is 23.0 Å². The minimum absolute atomic E-state index is 0.109. The maximum absolute atomic E-state index is 12.0. The predicted molar refractivity (Wildman–Crippen MR) is 91.8 cm³/mol.